The predicted octanol–water partition coefficient (Wildman–Crippen LogP) is 4.56. The van der Waals surface area contributed by atoms with Gasteiger partial charge in [-0.25, -0.2) is 0 Å². The van der Waals surface area contributed by atoms with E-state index < -0.39 is 0 Å². The average molecular weight is 332 g/mol. The van der Waals surface area contributed by atoms with E-state index in [0.29, 0.717) is 41.0 Å². The van der Waals surface area contributed by atoms with Crippen LogP contribution in [0.1, 0.15) is 17.3 Å². The Morgan fingerprint density at radius 3 is 2.57 bits per heavy atom. The fraction of sp³-hybridized carbons (Fsp3) is 0.167. The van der Waals surface area contributed by atoms with Crippen molar-refractivity contribution in [2.24, 2.45) is 0 Å². The van der Waals surface area contributed by atoms with Crippen molar-refractivity contribution in [1.29, 1.82) is 0 Å². The van der Waals surface area contributed by atoms with E-state index in [1.807, 2.05) is 6.92 Å². The molecule has 0 aliphatic carbocycles. The molecule has 0 atom stereocenters. The van der Waals surface area contributed by atoms with Crippen molar-refractivity contribution < 1.29 is 14.3 Å². The smallest absolute Gasteiger partial charge is 0.255 e. The topological polar surface area (TPSA) is 47.6 Å². The second-order valence-corrected chi connectivity index (χ2v) is 5.06. The number of hydrogen-bond donors (Lipinski definition) is 1. The molecule has 0 bridgehead atoms. The lowest BCUT2D eigenvalue weighted by molar-refractivity contribution is 0.102. The number of ether oxygens (including phenoxy) is 2. The molecule has 2 aromatic carbocycles. The third kappa shape index (κ3) is 4.76. The molecule has 0 spiro atoms. The molecule has 23 heavy (non-hydrogen) atoms. The van der Waals surface area contributed by atoms with E-state index in [4.69, 9.17) is 21.1 Å². The maximum absolute atomic E-state index is 12.2. The van der Waals surface area contributed by atoms with Crippen molar-refractivity contribution >= 4 is 23.2 Å². The van der Waals surface area contributed by atoms with Crippen LogP contribution >= 0.6 is 11.6 Å². The molecular formula is C18H18ClNO3. The molecule has 5 heteroatoms. The fourth-order valence-corrected chi connectivity index (χ4v) is 2.14. The lowest BCUT2D eigenvalue weighted by atomic mass is 10.2. The molecule has 0 unspecified atom stereocenters. The van der Waals surface area contributed by atoms with Gasteiger partial charge in [0, 0.05) is 11.3 Å². The summed E-state index contributed by atoms with van der Waals surface area (Å²) in [6.45, 7) is 6.42. The van der Waals surface area contributed by atoms with Gasteiger partial charge in [-0.05, 0) is 49.4 Å². The van der Waals surface area contributed by atoms with E-state index in [1.165, 1.54) is 0 Å². The molecule has 0 saturated carbocycles. The predicted molar refractivity (Wildman–Crippen MR) is 92.7 cm³/mol. The largest absolute Gasteiger partial charge is 0.492 e. The van der Waals surface area contributed by atoms with Gasteiger partial charge < -0.3 is 14.8 Å². The summed E-state index contributed by atoms with van der Waals surface area (Å²) in [5.41, 5.74) is 1.14. The normalized spacial score (nSPS) is 10.0. The van der Waals surface area contributed by atoms with Gasteiger partial charge in [-0.1, -0.05) is 24.3 Å². The van der Waals surface area contributed by atoms with Gasteiger partial charge in [0.1, 0.15) is 18.1 Å². The Hall–Kier alpha value is -2.46. The number of anilines is 1. The average Bonchev–Trinajstić information content (AvgIpc) is 2.56. The van der Waals surface area contributed by atoms with Gasteiger partial charge in [-0.3, -0.25) is 4.79 Å². The van der Waals surface area contributed by atoms with Crippen LogP contribution in [0.4, 0.5) is 5.69 Å². The molecule has 0 radical (unpaired) electrons. The second-order valence-electron chi connectivity index (χ2n) is 4.66. The highest BCUT2D eigenvalue weighted by molar-refractivity contribution is 6.32. The maximum atomic E-state index is 12.2. The highest BCUT2D eigenvalue weighted by atomic mass is 35.5. The number of amides is 1. The summed E-state index contributed by atoms with van der Waals surface area (Å²) in [7, 11) is 0. The van der Waals surface area contributed by atoms with Gasteiger partial charge in [0.2, 0.25) is 0 Å². The second kappa shape index (κ2) is 8.25. The number of nitrogens with one attached hydrogen (secondary N) is 1. The molecular weight excluding hydrogens is 314 g/mol. The van der Waals surface area contributed by atoms with Crippen LogP contribution in [0.2, 0.25) is 5.02 Å². The van der Waals surface area contributed by atoms with E-state index in [2.05, 4.69) is 11.9 Å². The first-order valence-electron chi connectivity index (χ1n) is 7.21. The lowest BCUT2D eigenvalue weighted by Gasteiger charge is -2.09. The molecule has 0 fully saturated rings. The first-order chi connectivity index (χ1) is 11.1. The molecule has 0 aromatic heterocycles. The van der Waals surface area contributed by atoms with Gasteiger partial charge in [-0.15, -0.1) is 0 Å². The maximum Gasteiger partial charge on any atom is 0.255 e. The summed E-state index contributed by atoms with van der Waals surface area (Å²) >= 11 is 6.09. The molecule has 0 saturated heterocycles. The third-order valence-electron chi connectivity index (χ3n) is 2.97. The summed E-state index contributed by atoms with van der Waals surface area (Å²) in [6.07, 6.45) is 1.67. The lowest BCUT2D eigenvalue weighted by Crippen LogP contribution is -2.12. The highest BCUT2D eigenvalue weighted by Crippen LogP contribution is 2.26. The minimum absolute atomic E-state index is 0.241. The molecule has 120 valence electrons. The first kappa shape index (κ1) is 16.9. The number of benzene rings is 2. The van der Waals surface area contributed by atoms with Crippen molar-refractivity contribution in [2.45, 2.75) is 6.92 Å². The highest BCUT2D eigenvalue weighted by Gasteiger charge is 2.10. The van der Waals surface area contributed by atoms with Crippen LogP contribution in [0.15, 0.2) is 55.1 Å². The molecule has 0 aliphatic rings. The van der Waals surface area contributed by atoms with Crippen LogP contribution < -0.4 is 14.8 Å². The molecule has 0 aliphatic heterocycles. The number of rotatable bonds is 7. The van der Waals surface area contributed by atoms with Gasteiger partial charge in [0.25, 0.3) is 5.91 Å². The van der Waals surface area contributed by atoms with Crippen molar-refractivity contribution in [2.75, 3.05) is 18.5 Å². The Morgan fingerprint density at radius 2 is 1.96 bits per heavy atom. The Labute approximate surface area is 140 Å². The Balaban J connectivity index is 2.03. The molecule has 2 aromatic rings. The van der Waals surface area contributed by atoms with Gasteiger partial charge in [0.05, 0.1) is 11.6 Å². The van der Waals surface area contributed by atoms with Gasteiger partial charge in [0.15, 0.2) is 0 Å². The van der Waals surface area contributed by atoms with Crippen LogP contribution in [0.5, 0.6) is 11.5 Å². The van der Waals surface area contributed by atoms with Crippen LogP contribution in [0.3, 0.4) is 0 Å². The number of carbonyl (C=O) groups is 1. The summed E-state index contributed by atoms with van der Waals surface area (Å²) in [6, 6.07) is 12.1. The minimum Gasteiger partial charge on any atom is -0.492 e. The fourth-order valence-electron chi connectivity index (χ4n) is 1.91. The first-order valence-corrected chi connectivity index (χ1v) is 7.59. The van der Waals surface area contributed by atoms with E-state index >= 15 is 0 Å². The van der Waals surface area contributed by atoms with Crippen LogP contribution in [-0.2, 0) is 0 Å². The standard InChI is InChI=1S/C18H18ClNO3/c1-3-11-23-15-8-6-14(7-9-15)20-18(21)13-5-10-17(22-4-2)16(19)12-13/h3,5-10,12H,1,4,11H2,2H3,(H,20,21). The molecule has 1 N–H and O–H groups in total. The zero-order chi connectivity index (χ0) is 16.7. The number of halogens is 1. The van der Waals surface area contributed by atoms with E-state index in [0.717, 1.165) is 0 Å². The summed E-state index contributed by atoms with van der Waals surface area (Å²) < 4.78 is 10.7. The minimum atomic E-state index is -0.241. The summed E-state index contributed by atoms with van der Waals surface area (Å²) in [5.74, 6) is 1.04. The quantitative estimate of drug-likeness (QED) is 0.757. The van der Waals surface area contributed by atoms with E-state index in [1.54, 1.807) is 48.5 Å². The van der Waals surface area contributed by atoms with Crippen molar-refractivity contribution in [3.05, 3.63) is 65.7 Å². The summed E-state index contributed by atoms with van der Waals surface area (Å²) in [4.78, 5) is 12.2. The van der Waals surface area contributed by atoms with Crippen LogP contribution in [-0.4, -0.2) is 19.1 Å². The number of carbonyl (C=O) groups excluding carboxylic acids is 1. The Bertz CT molecular complexity index is 683. The van der Waals surface area contributed by atoms with Crippen LogP contribution in [0, 0.1) is 0 Å². The van der Waals surface area contributed by atoms with Crippen LogP contribution in [0.25, 0.3) is 0 Å². The van der Waals surface area contributed by atoms with Gasteiger partial charge in [-0.2, -0.15) is 0 Å². The zero-order valence-electron chi connectivity index (χ0n) is 12.8. The van der Waals surface area contributed by atoms with Gasteiger partial charge >= 0.3 is 0 Å². The monoisotopic (exact) mass is 331 g/mol. The molecule has 0 heterocycles. The molecule has 1 amide bonds. The molecule has 2 rings (SSSR count). The van der Waals surface area contributed by atoms with E-state index in [9.17, 15) is 4.79 Å². The third-order valence-corrected chi connectivity index (χ3v) is 3.27. The number of hydrogen-bond acceptors (Lipinski definition) is 3. The van der Waals surface area contributed by atoms with Crippen molar-refractivity contribution in [1.82, 2.24) is 0 Å². The van der Waals surface area contributed by atoms with Crippen molar-refractivity contribution in [3.8, 4) is 11.5 Å². The summed E-state index contributed by atoms with van der Waals surface area (Å²) in [5, 5.41) is 3.22. The van der Waals surface area contributed by atoms with Crippen molar-refractivity contribution in [3.63, 3.8) is 0 Å². The zero-order valence-corrected chi connectivity index (χ0v) is 13.6. The molecule has 4 nitrogen and oxygen atoms in total. The Morgan fingerprint density at radius 1 is 1.22 bits per heavy atom. The van der Waals surface area contributed by atoms with E-state index in [-0.39, 0.29) is 5.91 Å². The Kier molecular flexibility index (Phi) is 6.06. The SMILES string of the molecule is C=CCOc1ccc(NC(=O)c2ccc(OCC)c(Cl)c2)cc1.